The number of benzene rings is 2. The molecule has 1 saturated heterocycles. The molecule has 3 rings (SSSR count). The smallest absolute Gasteiger partial charge is 0.328 e. The molecule has 2 unspecified atom stereocenters. The first-order valence-electron chi connectivity index (χ1n) is 10.0. The average molecular weight is 470 g/mol. The van der Waals surface area contributed by atoms with E-state index in [1.165, 1.54) is 14.0 Å². The van der Waals surface area contributed by atoms with E-state index in [2.05, 4.69) is 10.6 Å². The Balaban J connectivity index is 1.62. The van der Waals surface area contributed by atoms with Crippen molar-refractivity contribution in [3.05, 3.63) is 64.6 Å². The first-order chi connectivity index (χ1) is 15.7. The van der Waals surface area contributed by atoms with E-state index < -0.39 is 29.9 Å². The molecule has 4 N–H and O–H groups in total. The quantitative estimate of drug-likeness (QED) is 0.396. The number of hydrogen-bond acceptors (Lipinski definition) is 8. The summed E-state index contributed by atoms with van der Waals surface area (Å²) in [6, 6.07) is 12.5. The molecule has 0 aliphatic carbocycles. The van der Waals surface area contributed by atoms with Crippen molar-refractivity contribution in [1.29, 1.82) is 0 Å². The number of thioether (sulfide) groups is 1. The van der Waals surface area contributed by atoms with Crippen LogP contribution in [0.3, 0.4) is 0 Å². The van der Waals surface area contributed by atoms with E-state index in [1.807, 2.05) is 0 Å². The summed E-state index contributed by atoms with van der Waals surface area (Å²) in [5.74, 6) is -0.242. The Bertz CT molecular complexity index is 1080. The summed E-state index contributed by atoms with van der Waals surface area (Å²) >= 11 is 0.860. The van der Waals surface area contributed by atoms with Crippen LogP contribution in [0.2, 0.25) is 0 Å². The number of hydrogen-bond donors (Lipinski definition) is 3. The first-order valence-corrected chi connectivity index (χ1v) is 10.8. The number of imide groups is 1. The van der Waals surface area contributed by atoms with Gasteiger partial charge in [-0.3, -0.25) is 19.7 Å². The average Bonchev–Trinajstić information content (AvgIpc) is 3.11. The van der Waals surface area contributed by atoms with E-state index in [4.69, 9.17) is 15.2 Å². The lowest BCUT2D eigenvalue weighted by Gasteiger charge is -2.18. The number of esters is 1. The van der Waals surface area contributed by atoms with Crippen LogP contribution in [0.1, 0.15) is 18.1 Å². The normalized spacial score (nSPS) is 16.2. The highest BCUT2D eigenvalue weighted by molar-refractivity contribution is 8.18. The van der Waals surface area contributed by atoms with Crippen molar-refractivity contribution in [3.63, 3.8) is 0 Å². The van der Waals surface area contributed by atoms with Gasteiger partial charge in [0.15, 0.2) is 0 Å². The van der Waals surface area contributed by atoms with Crippen LogP contribution >= 0.6 is 11.8 Å². The van der Waals surface area contributed by atoms with E-state index >= 15 is 0 Å². The predicted molar refractivity (Wildman–Crippen MR) is 123 cm³/mol. The maximum Gasteiger partial charge on any atom is 0.328 e. The number of methoxy groups -OCH3 is 1. The Morgan fingerprint density at radius 1 is 1.09 bits per heavy atom. The third kappa shape index (κ3) is 6.67. The van der Waals surface area contributed by atoms with Crippen LogP contribution in [0.4, 0.5) is 4.79 Å². The largest absolute Gasteiger partial charge is 0.467 e. The molecule has 2 atom stereocenters. The Labute approximate surface area is 194 Å². The second-order valence-corrected chi connectivity index (χ2v) is 8.26. The lowest BCUT2D eigenvalue weighted by molar-refractivity contribution is -0.145. The Morgan fingerprint density at radius 2 is 1.70 bits per heavy atom. The standard InChI is InChI=1S/C23H23N3O6S/c1-13(24)20(27)25-18(22(29)31-2)11-14-3-7-16(8-4-14)32-17-9-5-15(6-10-17)12-19-21(28)26-23(30)33-19/h3-10,12-13,18H,11,24H2,1-2H3,(H,25,27)(H,26,28,30). The van der Waals surface area contributed by atoms with E-state index in [9.17, 15) is 19.2 Å². The molecule has 1 aliphatic heterocycles. The summed E-state index contributed by atoms with van der Waals surface area (Å²) in [4.78, 5) is 47.1. The third-order valence-electron chi connectivity index (χ3n) is 4.63. The zero-order valence-corrected chi connectivity index (χ0v) is 18.8. The molecule has 0 radical (unpaired) electrons. The number of carbonyl (C=O) groups is 4. The van der Waals surface area contributed by atoms with Gasteiger partial charge in [-0.2, -0.15) is 0 Å². The van der Waals surface area contributed by atoms with Gasteiger partial charge in [-0.1, -0.05) is 24.3 Å². The van der Waals surface area contributed by atoms with Gasteiger partial charge in [-0.15, -0.1) is 0 Å². The van der Waals surface area contributed by atoms with Crippen LogP contribution in [0, 0.1) is 0 Å². The van der Waals surface area contributed by atoms with Crippen molar-refractivity contribution >= 4 is 40.9 Å². The summed E-state index contributed by atoms with van der Waals surface area (Å²) in [6.45, 7) is 1.53. The zero-order chi connectivity index (χ0) is 24.0. The lowest BCUT2D eigenvalue weighted by Crippen LogP contribution is -2.48. The maximum atomic E-state index is 12.0. The van der Waals surface area contributed by atoms with Gasteiger partial charge in [0.25, 0.3) is 11.1 Å². The summed E-state index contributed by atoms with van der Waals surface area (Å²) in [6.07, 6.45) is 1.87. The lowest BCUT2D eigenvalue weighted by atomic mass is 10.1. The first kappa shape index (κ1) is 24.0. The number of nitrogens with two attached hydrogens (primary N) is 1. The van der Waals surface area contributed by atoms with Gasteiger partial charge >= 0.3 is 5.97 Å². The summed E-state index contributed by atoms with van der Waals surface area (Å²) in [7, 11) is 1.26. The maximum absolute atomic E-state index is 12.0. The van der Waals surface area contributed by atoms with Crippen LogP contribution in [-0.2, 0) is 25.5 Å². The van der Waals surface area contributed by atoms with Gasteiger partial charge < -0.3 is 20.5 Å². The minimum atomic E-state index is -0.850. The van der Waals surface area contributed by atoms with Crippen LogP contribution in [0.15, 0.2) is 53.4 Å². The highest BCUT2D eigenvalue weighted by Crippen LogP contribution is 2.27. The fourth-order valence-electron chi connectivity index (χ4n) is 2.91. The third-order valence-corrected chi connectivity index (χ3v) is 5.45. The fraction of sp³-hybridized carbons (Fsp3) is 0.217. The van der Waals surface area contributed by atoms with Gasteiger partial charge in [-0.25, -0.2) is 4.79 Å². The molecule has 0 saturated carbocycles. The van der Waals surface area contributed by atoms with Crippen LogP contribution in [0.25, 0.3) is 6.08 Å². The highest BCUT2D eigenvalue weighted by atomic mass is 32.2. The molecule has 1 fully saturated rings. The molecular weight excluding hydrogens is 446 g/mol. The molecule has 2 aromatic rings. The molecule has 9 nitrogen and oxygen atoms in total. The highest BCUT2D eigenvalue weighted by Gasteiger charge is 2.25. The van der Waals surface area contributed by atoms with E-state index in [1.54, 1.807) is 54.6 Å². The predicted octanol–water partition coefficient (Wildman–Crippen LogP) is 2.35. The van der Waals surface area contributed by atoms with Crippen molar-refractivity contribution < 1.29 is 28.7 Å². The van der Waals surface area contributed by atoms with Crippen LogP contribution < -0.4 is 21.1 Å². The molecule has 1 heterocycles. The number of nitrogens with one attached hydrogen (secondary N) is 2. The van der Waals surface area contributed by atoms with Gasteiger partial charge in [-0.05, 0) is 60.2 Å². The topological polar surface area (TPSA) is 137 Å². The number of carbonyl (C=O) groups excluding carboxylic acids is 4. The molecule has 0 aromatic heterocycles. The van der Waals surface area contributed by atoms with Crippen molar-refractivity contribution in [2.24, 2.45) is 5.73 Å². The fourth-order valence-corrected chi connectivity index (χ4v) is 3.59. The molecule has 33 heavy (non-hydrogen) atoms. The van der Waals surface area contributed by atoms with E-state index in [-0.39, 0.29) is 11.7 Å². The molecule has 3 amide bonds. The van der Waals surface area contributed by atoms with Crippen molar-refractivity contribution in [3.8, 4) is 11.5 Å². The Kier molecular flexibility index (Phi) is 7.86. The van der Waals surface area contributed by atoms with Crippen molar-refractivity contribution in [2.75, 3.05) is 7.11 Å². The molecule has 10 heteroatoms. The minimum absolute atomic E-state index is 0.239. The molecule has 0 bridgehead atoms. The Morgan fingerprint density at radius 3 is 2.21 bits per heavy atom. The van der Waals surface area contributed by atoms with Crippen molar-refractivity contribution in [1.82, 2.24) is 10.6 Å². The zero-order valence-electron chi connectivity index (χ0n) is 18.0. The van der Waals surface area contributed by atoms with Crippen molar-refractivity contribution in [2.45, 2.75) is 25.4 Å². The van der Waals surface area contributed by atoms with Gasteiger partial charge in [0, 0.05) is 6.42 Å². The Hall–Kier alpha value is -3.63. The monoisotopic (exact) mass is 469 g/mol. The minimum Gasteiger partial charge on any atom is -0.467 e. The van der Waals surface area contributed by atoms with Gasteiger partial charge in [0.1, 0.15) is 17.5 Å². The molecular formula is C23H23N3O6S. The molecule has 0 spiro atoms. The van der Waals surface area contributed by atoms with E-state index in [0.29, 0.717) is 16.4 Å². The van der Waals surface area contributed by atoms with E-state index in [0.717, 1.165) is 22.9 Å². The second kappa shape index (κ2) is 10.8. The van der Waals surface area contributed by atoms with Crippen LogP contribution in [-0.4, -0.2) is 42.2 Å². The SMILES string of the molecule is COC(=O)C(Cc1ccc(Oc2ccc(C=C3SC(=O)NC3=O)cc2)cc1)NC(=O)C(C)N. The molecule has 1 aliphatic rings. The number of ether oxygens (including phenoxy) is 2. The number of rotatable bonds is 8. The van der Waals surface area contributed by atoms with Crippen LogP contribution in [0.5, 0.6) is 11.5 Å². The van der Waals surface area contributed by atoms with Gasteiger partial charge in [0.05, 0.1) is 18.1 Å². The molecule has 2 aromatic carbocycles. The number of amides is 3. The summed E-state index contributed by atoms with van der Waals surface area (Å²) in [5.41, 5.74) is 7.11. The van der Waals surface area contributed by atoms with Gasteiger partial charge in [0.2, 0.25) is 5.91 Å². The summed E-state index contributed by atoms with van der Waals surface area (Å²) < 4.78 is 10.6. The second-order valence-electron chi connectivity index (χ2n) is 7.24. The summed E-state index contributed by atoms with van der Waals surface area (Å²) in [5, 5.41) is 4.41. The molecule has 172 valence electrons.